The van der Waals surface area contributed by atoms with E-state index in [0.29, 0.717) is 0 Å². The third-order valence-corrected chi connectivity index (χ3v) is 3.25. The molecule has 0 fully saturated rings. The molecule has 0 aliphatic carbocycles. The van der Waals surface area contributed by atoms with Gasteiger partial charge in [-0.1, -0.05) is 25.6 Å². The van der Waals surface area contributed by atoms with E-state index in [1.165, 1.54) is 6.92 Å². The van der Waals surface area contributed by atoms with Crippen molar-refractivity contribution in [3.8, 4) is 0 Å². The second kappa shape index (κ2) is 7.55. The molecule has 4 nitrogen and oxygen atoms in total. The molecule has 1 aromatic rings. The highest BCUT2D eigenvalue weighted by Gasteiger charge is 2.06. The lowest BCUT2D eigenvalue weighted by atomic mass is 10.4. The quantitative estimate of drug-likeness (QED) is 0.343. The largest absolute Gasteiger partial charge is 0.459 e. The van der Waals surface area contributed by atoms with Crippen LogP contribution in [0.1, 0.15) is 26.5 Å². The van der Waals surface area contributed by atoms with Gasteiger partial charge in [0.15, 0.2) is 5.16 Å². The predicted molar refractivity (Wildman–Crippen MR) is 70.3 cm³/mol. The summed E-state index contributed by atoms with van der Waals surface area (Å²) in [5.41, 5.74) is 0.752. The highest BCUT2D eigenvalue weighted by atomic mass is 32.2. The molecule has 0 aliphatic rings. The van der Waals surface area contributed by atoms with Crippen LogP contribution in [0.4, 0.5) is 0 Å². The van der Waals surface area contributed by atoms with Crippen LogP contribution >= 0.6 is 23.5 Å². The molecule has 0 saturated carbocycles. The van der Waals surface area contributed by atoms with Gasteiger partial charge in [-0.15, -0.1) is 11.8 Å². The Balaban J connectivity index is 2.82. The predicted octanol–water partition coefficient (Wildman–Crippen LogP) is 2.76. The zero-order valence-corrected chi connectivity index (χ0v) is 11.9. The molecule has 0 atom stereocenters. The molecular weight excluding hydrogens is 256 g/mol. The minimum absolute atomic E-state index is 0.215. The van der Waals surface area contributed by atoms with Gasteiger partial charge in [0.05, 0.1) is 5.69 Å². The number of nitrogens with zero attached hydrogens (tertiary/aromatic N) is 2. The van der Waals surface area contributed by atoms with Crippen molar-refractivity contribution in [3.05, 3.63) is 11.8 Å². The number of ether oxygens (including phenoxy) is 1. The number of carbonyl (C=O) groups excluding carboxylic acids is 1. The van der Waals surface area contributed by atoms with Crippen LogP contribution in [-0.2, 0) is 16.1 Å². The summed E-state index contributed by atoms with van der Waals surface area (Å²) in [5, 5.41) is 1.67. The molecule has 0 amide bonds. The Morgan fingerprint density at radius 2 is 2.00 bits per heavy atom. The molecule has 6 heteroatoms. The molecule has 1 aromatic heterocycles. The molecule has 0 radical (unpaired) electrons. The van der Waals surface area contributed by atoms with Crippen LogP contribution in [0, 0.1) is 0 Å². The molecule has 0 saturated heterocycles. The molecule has 1 rings (SSSR count). The van der Waals surface area contributed by atoms with E-state index >= 15 is 0 Å². The molecule has 0 spiro atoms. The number of esters is 1. The van der Waals surface area contributed by atoms with E-state index in [1.54, 1.807) is 23.5 Å². The first-order valence-corrected chi connectivity index (χ1v) is 7.39. The van der Waals surface area contributed by atoms with Gasteiger partial charge in [-0.2, -0.15) is 0 Å². The van der Waals surface area contributed by atoms with Gasteiger partial charge in [0.1, 0.15) is 11.6 Å². The van der Waals surface area contributed by atoms with Crippen LogP contribution in [0.5, 0.6) is 0 Å². The van der Waals surface area contributed by atoms with Crippen molar-refractivity contribution >= 4 is 29.5 Å². The molecule has 17 heavy (non-hydrogen) atoms. The maximum Gasteiger partial charge on any atom is 0.303 e. The zero-order chi connectivity index (χ0) is 12.7. The third-order valence-electron chi connectivity index (χ3n) is 1.72. The number of thioether (sulfide) groups is 2. The second-order valence-electron chi connectivity index (χ2n) is 3.13. The first kappa shape index (κ1) is 14.3. The summed E-state index contributed by atoms with van der Waals surface area (Å²) in [6, 6.07) is 1.87. The van der Waals surface area contributed by atoms with Crippen molar-refractivity contribution < 1.29 is 9.53 Å². The van der Waals surface area contributed by atoms with Crippen LogP contribution in [0.15, 0.2) is 16.2 Å². The summed E-state index contributed by atoms with van der Waals surface area (Å²) in [6.45, 7) is 5.74. The minimum Gasteiger partial charge on any atom is -0.459 e. The number of hydrogen-bond donors (Lipinski definition) is 0. The first-order chi connectivity index (χ1) is 8.15. The van der Waals surface area contributed by atoms with Crippen LogP contribution < -0.4 is 0 Å². The summed E-state index contributed by atoms with van der Waals surface area (Å²) < 4.78 is 4.95. The molecule has 0 unspecified atom stereocenters. The molecule has 0 aromatic carbocycles. The van der Waals surface area contributed by atoms with Crippen molar-refractivity contribution in [2.45, 2.75) is 37.6 Å². The highest BCUT2D eigenvalue weighted by Crippen LogP contribution is 2.21. The lowest BCUT2D eigenvalue weighted by molar-refractivity contribution is -0.142. The zero-order valence-electron chi connectivity index (χ0n) is 10.2. The van der Waals surface area contributed by atoms with Crippen molar-refractivity contribution in [1.29, 1.82) is 0 Å². The molecule has 1 heterocycles. The number of hydrogen-bond acceptors (Lipinski definition) is 6. The summed E-state index contributed by atoms with van der Waals surface area (Å²) in [6.07, 6.45) is 0. The van der Waals surface area contributed by atoms with Crippen molar-refractivity contribution in [3.63, 3.8) is 0 Å². The van der Waals surface area contributed by atoms with Gasteiger partial charge in [-0.05, 0) is 17.6 Å². The van der Waals surface area contributed by atoms with Crippen LogP contribution in [0.2, 0.25) is 0 Å². The summed E-state index contributed by atoms with van der Waals surface area (Å²) in [7, 11) is 0. The fourth-order valence-electron chi connectivity index (χ4n) is 1.11. The molecular formula is C11H16N2O2S2. The van der Waals surface area contributed by atoms with Crippen LogP contribution in [0.25, 0.3) is 0 Å². The molecule has 0 aliphatic heterocycles. The Hall–Kier alpha value is -0.750. The second-order valence-corrected chi connectivity index (χ2v) is 5.64. The summed E-state index contributed by atoms with van der Waals surface area (Å²) in [5.74, 6) is 1.59. The Morgan fingerprint density at radius 1 is 1.29 bits per heavy atom. The van der Waals surface area contributed by atoms with Gasteiger partial charge in [0.25, 0.3) is 0 Å². The van der Waals surface area contributed by atoms with E-state index < -0.39 is 0 Å². The molecule has 0 bridgehead atoms. The molecule has 94 valence electrons. The topological polar surface area (TPSA) is 52.1 Å². The lowest BCUT2D eigenvalue weighted by Crippen LogP contribution is -2.03. The van der Waals surface area contributed by atoms with E-state index in [4.69, 9.17) is 4.74 Å². The van der Waals surface area contributed by atoms with E-state index in [0.717, 1.165) is 27.4 Å². The van der Waals surface area contributed by atoms with Gasteiger partial charge in [-0.25, -0.2) is 9.97 Å². The third kappa shape index (κ3) is 5.41. The Labute approximate surface area is 110 Å². The van der Waals surface area contributed by atoms with Crippen molar-refractivity contribution in [2.24, 2.45) is 0 Å². The van der Waals surface area contributed by atoms with Gasteiger partial charge in [0.2, 0.25) is 0 Å². The van der Waals surface area contributed by atoms with Crippen molar-refractivity contribution in [2.75, 3.05) is 11.5 Å². The summed E-state index contributed by atoms with van der Waals surface area (Å²) in [4.78, 5) is 19.5. The summed E-state index contributed by atoms with van der Waals surface area (Å²) >= 11 is 3.25. The molecule has 0 N–H and O–H groups in total. The smallest absolute Gasteiger partial charge is 0.303 e. The van der Waals surface area contributed by atoms with E-state index in [2.05, 4.69) is 23.8 Å². The number of carbonyl (C=O) groups is 1. The minimum atomic E-state index is -0.294. The van der Waals surface area contributed by atoms with E-state index in [9.17, 15) is 4.79 Å². The van der Waals surface area contributed by atoms with Gasteiger partial charge >= 0.3 is 5.97 Å². The maximum atomic E-state index is 10.8. The fourth-order valence-corrected chi connectivity index (χ4v) is 2.44. The lowest BCUT2D eigenvalue weighted by Gasteiger charge is -2.06. The maximum absolute atomic E-state index is 10.8. The van der Waals surface area contributed by atoms with E-state index in [1.807, 2.05) is 6.07 Å². The van der Waals surface area contributed by atoms with Gasteiger partial charge in [-0.3, -0.25) is 4.79 Å². The average molecular weight is 272 g/mol. The average Bonchev–Trinajstić information content (AvgIpc) is 2.27. The fraction of sp³-hybridized carbons (Fsp3) is 0.545. The number of aromatic nitrogens is 2. The van der Waals surface area contributed by atoms with Crippen LogP contribution in [0.3, 0.4) is 0 Å². The Morgan fingerprint density at radius 3 is 2.59 bits per heavy atom. The van der Waals surface area contributed by atoms with Gasteiger partial charge < -0.3 is 4.74 Å². The monoisotopic (exact) mass is 272 g/mol. The SMILES string of the molecule is CCSc1cc(COC(C)=O)nc(SCC)n1. The van der Waals surface area contributed by atoms with Crippen molar-refractivity contribution in [1.82, 2.24) is 9.97 Å². The van der Waals surface area contributed by atoms with Gasteiger partial charge in [0, 0.05) is 6.92 Å². The normalized spacial score (nSPS) is 10.3. The Bertz CT molecular complexity index is 361. The Kier molecular flexibility index (Phi) is 6.36. The van der Waals surface area contributed by atoms with Crippen LogP contribution in [-0.4, -0.2) is 27.4 Å². The number of rotatable bonds is 6. The standard InChI is InChI=1S/C11H16N2O2S2/c1-4-16-10-6-9(7-15-8(3)14)12-11(13-10)17-5-2/h6H,4-5,7H2,1-3H3. The highest BCUT2D eigenvalue weighted by molar-refractivity contribution is 7.99. The van der Waals surface area contributed by atoms with E-state index in [-0.39, 0.29) is 12.6 Å². The first-order valence-electron chi connectivity index (χ1n) is 5.42.